The first-order valence-electron chi connectivity index (χ1n) is 9.15. The van der Waals surface area contributed by atoms with Gasteiger partial charge in [-0.1, -0.05) is 54.6 Å². The summed E-state index contributed by atoms with van der Waals surface area (Å²) in [5.41, 5.74) is 1.90. The highest BCUT2D eigenvalue weighted by atomic mass is 16.5. The molecule has 5 heteroatoms. The molecule has 0 aliphatic heterocycles. The number of benzene rings is 3. The van der Waals surface area contributed by atoms with Crippen LogP contribution in [0.3, 0.4) is 0 Å². The Hall–Kier alpha value is -3.73. The zero-order valence-electron chi connectivity index (χ0n) is 16.6. The van der Waals surface area contributed by atoms with Crippen molar-refractivity contribution in [3.63, 3.8) is 0 Å². The Morgan fingerprint density at radius 1 is 0.759 bits per heavy atom. The largest absolute Gasteiger partial charge is 0.493 e. The summed E-state index contributed by atoms with van der Waals surface area (Å²) >= 11 is 0. The van der Waals surface area contributed by atoms with E-state index in [0.29, 0.717) is 34.3 Å². The van der Waals surface area contributed by atoms with Crippen molar-refractivity contribution in [2.45, 2.75) is 6.92 Å². The van der Waals surface area contributed by atoms with E-state index in [-0.39, 0.29) is 5.91 Å². The van der Waals surface area contributed by atoms with E-state index >= 15 is 0 Å². The summed E-state index contributed by atoms with van der Waals surface area (Å²) in [5, 5.41) is 2.90. The molecule has 0 aliphatic carbocycles. The molecule has 0 heterocycles. The van der Waals surface area contributed by atoms with Crippen LogP contribution in [0, 0.1) is 0 Å². The predicted octanol–water partition coefficient (Wildman–Crippen LogP) is 5.15. The quantitative estimate of drug-likeness (QED) is 0.448. The van der Waals surface area contributed by atoms with E-state index in [2.05, 4.69) is 5.32 Å². The summed E-state index contributed by atoms with van der Waals surface area (Å²) in [6, 6.07) is 24.1. The van der Waals surface area contributed by atoms with Crippen molar-refractivity contribution in [2.24, 2.45) is 0 Å². The van der Waals surface area contributed by atoms with E-state index in [9.17, 15) is 4.79 Å². The van der Waals surface area contributed by atoms with Crippen molar-refractivity contribution in [3.8, 4) is 17.2 Å². The molecule has 3 rings (SSSR count). The van der Waals surface area contributed by atoms with Crippen molar-refractivity contribution >= 4 is 17.4 Å². The van der Waals surface area contributed by atoms with Gasteiger partial charge in [0, 0.05) is 11.3 Å². The van der Waals surface area contributed by atoms with Gasteiger partial charge in [-0.15, -0.1) is 0 Å². The van der Waals surface area contributed by atoms with Crippen LogP contribution in [-0.2, 0) is 4.79 Å². The minimum absolute atomic E-state index is 0.260. The molecular weight excluding hydrogens is 366 g/mol. The average molecular weight is 389 g/mol. The second-order valence-corrected chi connectivity index (χ2v) is 6.23. The zero-order valence-corrected chi connectivity index (χ0v) is 16.6. The third-order valence-corrected chi connectivity index (χ3v) is 4.34. The molecule has 0 unspecified atom stereocenters. The van der Waals surface area contributed by atoms with Gasteiger partial charge in [-0.05, 0) is 31.2 Å². The molecule has 29 heavy (non-hydrogen) atoms. The van der Waals surface area contributed by atoms with Gasteiger partial charge in [-0.25, -0.2) is 0 Å². The Kier molecular flexibility index (Phi) is 6.53. The first-order valence-corrected chi connectivity index (χ1v) is 9.15. The van der Waals surface area contributed by atoms with Gasteiger partial charge in [0.15, 0.2) is 11.5 Å². The summed E-state index contributed by atoms with van der Waals surface area (Å²) in [7, 11) is 3.12. The molecule has 5 nitrogen and oxygen atoms in total. The van der Waals surface area contributed by atoms with Crippen molar-refractivity contribution < 1.29 is 19.0 Å². The van der Waals surface area contributed by atoms with Crippen LogP contribution in [0.25, 0.3) is 5.76 Å². The van der Waals surface area contributed by atoms with Crippen LogP contribution in [0.4, 0.5) is 5.69 Å². The summed E-state index contributed by atoms with van der Waals surface area (Å²) in [6.07, 6.45) is 0. The number of hydrogen-bond acceptors (Lipinski definition) is 4. The smallest absolute Gasteiger partial charge is 0.255 e. The lowest BCUT2D eigenvalue weighted by molar-refractivity contribution is -0.112. The molecule has 3 aromatic carbocycles. The molecule has 0 radical (unpaired) electrons. The van der Waals surface area contributed by atoms with Crippen molar-refractivity contribution in [2.75, 3.05) is 19.5 Å². The summed E-state index contributed by atoms with van der Waals surface area (Å²) < 4.78 is 17.1. The van der Waals surface area contributed by atoms with Gasteiger partial charge in [0.05, 0.1) is 19.8 Å². The lowest BCUT2D eigenvalue weighted by atomic mass is 10.1. The van der Waals surface area contributed by atoms with E-state index in [1.165, 1.54) is 0 Å². The molecular formula is C24H23NO4. The van der Waals surface area contributed by atoms with Crippen LogP contribution in [-0.4, -0.2) is 20.1 Å². The molecule has 0 saturated carbocycles. The molecule has 0 aromatic heterocycles. The van der Waals surface area contributed by atoms with Crippen molar-refractivity contribution in [1.82, 2.24) is 0 Å². The van der Waals surface area contributed by atoms with E-state index in [1.807, 2.05) is 66.7 Å². The second kappa shape index (κ2) is 9.46. The Balaban J connectivity index is 2.04. The fraction of sp³-hybridized carbons (Fsp3) is 0.125. The predicted molar refractivity (Wildman–Crippen MR) is 114 cm³/mol. The Morgan fingerprint density at radius 3 is 1.86 bits per heavy atom. The normalized spacial score (nSPS) is 11.3. The number of para-hydroxylation sites is 2. The van der Waals surface area contributed by atoms with Gasteiger partial charge in [0.2, 0.25) is 5.75 Å². The SMILES string of the molecule is COc1cccc(OC)c1OC(=C(C)C(=O)Nc1ccccc1)c1ccccc1. The maximum absolute atomic E-state index is 12.9. The number of rotatable bonds is 7. The molecule has 148 valence electrons. The standard InChI is InChI=1S/C24H23NO4/c1-17(24(26)25-19-13-8-5-9-14-19)22(18-11-6-4-7-12-18)29-23-20(27-2)15-10-16-21(23)28-3/h4-16H,1-3H3,(H,25,26). The highest BCUT2D eigenvalue weighted by Crippen LogP contribution is 2.40. The van der Waals surface area contributed by atoms with Gasteiger partial charge in [0.1, 0.15) is 5.76 Å². The van der Waals surface area contributed by atoms with Gasteiger partial charge in [0.25, 0.3) is 5.91 Å². The molecule has 0 spiro atoms. The summed E-state index contributed by atoms with van der Waals surface area (Å²) in [5.74, 6) is 1.58. The molecule has 0 atom stereocenters. The van der Waals surface area contributed by atoms with Crippen LogP contribution in [0.5, 0.6) is 17.2 Å². The maximum Gasteiger partial charge on any atom is 0.255 e. The van der Waals surface area contributed by atoms with Crippen LogP contribution in [0.15, 0.2) is 84.4 Å². The molecule has 0 fully saturated rings. The fourth-order valence-electron chi connectivity index (χ4n) is 2.81. The van der Waals surface area contributed by atoms with Gasteiger partial charge in [-0.3, -0.25) is 4.79 Å². The maximum atomic E-state index is 12.9. The molecule has 1 N–H and O–H groups in total. The minimum Gasteiger partial charge on any atom is -0.493 e. The monoisotopic (exact) mass is 389 g/mol. The van der Waals surface area contributed by atoms with E-state index in [4.69, 9.17) is 14.2 Å². The number of methoxy groups -OCH3 is 2. The number of ether oxygens (including phenoxy) is 3. The third kappa shape index (κ3) is 4.76. The molecule has 0 aliphatic rings. The summed E-state index contributed by atoms with van der Waals surface area (Å²) in [4.78, 5) is 12.9. The zero-order chi connectivity index (χ0) is 20.6. The third-order valence-electron chi connectivity index (χ3n) is 4.34. The number of carbonyl (C=O) groups is 1. The highest BCUT2D eigenvalue weighted by Gasteiger charge is 2.20. The van der Waals surface area contributed by atoms with E-state index in [0.717, 1.165) is 5.56 Å². The Morgan fingerprint density at radius 2 is 1.31 bits per heavy atom. The molecule has 1 amide bonds. The number of hydrogen-bond donors (Lipinski definition) is 1. The molecule has 3 aromatic rings. The first kappa shape index (κ1) is 20.0. The Labute approximate surface area is 170 Å². The first-order chi connectivity index (χ1) is 14.1. The van der Waals surface area contributed by atoms with Gasteiger partial charge in [-0.2, -0.15) is 0 Å². The highest BCUT2D eigenvalue weighted by molar-refractivity contribution is 6.07. The lowest BCUT2D eigenvalue weighted by Gasteiger charge is -2.18. The number of nitrogens with one attached hydrogen (secondary N) is 1. The molecule has 0 saturated heterocycles. The number of carbonyl (C=O) groups excluding carboxylic acids is 1. The fourth-order valence-corrected chi connectivity index (χ4v) is 2.81. The van der Waals surface area contributed by atoms with Crippen LogP contribution in [0.1, 0.15) is 12.5 Å². The lowest BCUT2D eigenvalue weighted by Crippen LogP contribution is -2.16. The Bertz CT molecular complexity index is 976. The number of anilines is 1. The van der Waals surface area contributed by atoms with Crippen molar-refractivity contribution in [3.05, 3.63) is 90.0 Å². The summed E-state index contributed by atoms with van der Waals surface area (Å²) in [6.45, 7) is 1.72. The van der Waals surface area contributed by atoms with Crippen LogP contribution < -0.4 is 19.5 Å². The topological polar surface area (TPSA) is 56.8 Å². The number of amides is 1. The second-order valence-electron chi connectivity index (χ2n) is 6.23. The van der Waals surface area contributed by atoms with Crippen LogP contribution >= 0.6 is 0 Å². The van der Waals surface area contributed by atoms with E-state index in [1.54, 1.807) is 33.3 Å². The van der Waals surface area contributed by atoms with E-state index < -0.39 is 0 Å². The van der Waals surface area contributed by atoms with Gasteiger partial charge < -0.3 is 19.5 Å². The van der Waals surface area contributed by atoms with Crippen LogP contribution in [0.2, 0.25) is 0 Å². The molecule has 0 bridgehead atoms. The minimum atomic E-state index is -0.260. The van der Waals surface area contributed by atoms with Crippen molar-refractivity contribution in [1.29, 1.82) is 0 Å². The average Bonchev–Trinajstić information content (AvgIpc) is 2.78. The van der Waals surface area contributed by atoms with Gasteiger partial charge >= 0.3 is 0 Å².